The molecule has 1 rings (SSSR count). The van der Waals surface area contributed by atoms with E-state index in [-0.39, 0.29) is 0 Å². The summed E-state index contributed by atoms with van der Waals surface area (Å²) in [5.41, 5.74) is 0. The second-order valence-corrected chi connectivity index (χ2v) is 3.54. The predicted molar refractivity (Wildman–Crippen MR) is 50.1 cm³/mol. The lowest BCUT2D eigenvalue weighted by atomic mass is 10.1. The Balaban J connectivity index is 2.33. The van der Waals surface area contributed by atoms with Crippen LogP contribution < -0.4 is 0 Å². The van der Waals surface area contributed by atoms with E-state index in [4.69, 9.17) is 0 Å². The molecule has 0 saturated heterocycles. The number of carbonyl (C=O) groups is 1. The highest BCUT2D eigenvalue weighted by atomic mass is 16.1. The van der Waals surface area contributed by atoms with Crippen LogP contribution in [0, 0.1) is 5.92 Å². The van der Waals surface area contributed by atoms with Gasteiger partial charge < -0.3 is 4.90 Å². The molecule has 0 amide bonds. The van der Waals surface area contributed by atoms with Crippen LogP contribution in [0.3, 0.4) is 0 Å². The molecule has 2 heteroatoms. The van der Waals surface area contributed by atoms with Crippen LogP contribution in [0.15, 0.2) is 0 Å². The second-order valence-electron chi connectivity index (χ2n) is 3.54. The van der Waals surface area contributed by atoms with Gasteiger partial charge >= 0.3 is 0 Å². The molecule has 0 spiro atoms. The first kappa shape index (κ1) is 9.72. The van der Waals surface area contributed by atoms with Crippen molar-refractivity contribution in [1.82, 2.24) is 4.90 Å². The quantitative estimate of drug-likeness (QED) is 0.638. The summed E-state index contributed by atoms with van der Waals surface area (Å²) in [5.74, 6) is 0.840. The van der Waals surface area contributed by atoms with Crippen LogP contribution >= 0.6 is 0 Å². The summed E-state index contributed by atoms with van der Waals surface area (Å²) in [6.07, 6.45) is 3.06. The maximum absolute atomic E-state index is 11.3. The minimum absolute atomic E-state index is 0.352. The maximum atomic E-state index is 11.3. The van der Waals surface area contributed by atoms with Crippen LogP contribution in [0.25, 0.3) is 0 Å². The molecule has 0 aromatic heterocycles. The summed E-state index contributed by atoms with van der Waals surface area (Å²) in [5, 5.41) is 0. The highest BCUT2D eigenvalue weighted by molar-refractivity contribution is 5.83. The largest absolute Gasteiger partial charge is 0.303 e. The summed E-state index contributed by atoms with van der Waals surface area (Å²) >= 11 is 0. The average Bonchev–Trinajstić information content (AvgIpc) is 2.47. The zero-order valence-corrected chi connectivity index (χ0v) is 8.18. The molecule has 0 radical (unpaired) electrons. The van der Waals surface area contributed by atoms with Crippen molar-refractivity contribution in [3.05, 3.63) is 0 Å². The maximum Gasteiger partial charge on any atom is 0.137 e. The van der Waals surface area contributed by atoms with E-state index in [0.29, 0.717) is 11.7 Å². The highest BCUT2D eigenvalue weighted by Crippen LogP contribution is 2.21. The molecular weight excluding hydrogens is 150 g/mol. The molecule has 0 bridgehead atoms. The molecular formula is C10H19NO. The van der Waals surface area contributed by atoms with E-state index in [1.165, 1.54) is 0 Å². The number of carbonyl (C=O) groups excluding carboxylic acids is 1. The third-order valence-electron chi connectivity index (χ3n) is 2.80. The van der Waals surface area contributed by atoms with Crippen molar-refractivity contribution in [3.8, 4) is 0 Å². The van der Waals surface area contributed by atoms with Gasteiger partial charge in [-0.1, -0.05) is 13.8 Å². The van der Waals surface area contributed by atoms with E-state index >= 15 is 0 Å². The molecule has 0 aliphatic heterocycles. The van der Waals surface area contributed by atoms with Crippen LogP contribution in [0.4, 0.5) is 0 Å². The molecule has 2 nitrogen and oxygen atoms in total. The number of hydrogen-bond acceptors (Lipinski definition) is 2. The van der Waals surface area contributed by atoms with E-state index in [2.05, 4.69) is 18.7 Å². The van der Waals surface area contributed by atoms with Gasteiger partial charge in [-0.15, -0.1) is 0 Å². The topological polar surface area (TPSA) is 20.3 Å². The molecule has 1 saturated carbocycles. The molecule has 0 heterocycles. The number of nitrogens with zero attached hydrogens (tertiary/aromatic N) is 1. The third-order valence-corrected chi connectivity index (χ3v) is 2.80. The fourth-order valence-corrected chi connectivity index (χ4v) is 1.87. The van der Waals surface area contributed by atoms with Crippen molar-refractivity contribution in [3.63, 3.8) is 0 Å². The molecule has 1 atom stereocenters. The Morgan fingerprint density at radius 1 is 1.42 bits per heavy atom. The van der Waals surface area contributed by atoms with E-state index in [1.54, 1.807) is 0 Å². The van der Waals surface area contributed by atoms with Gasteiger partial charge in [-0.3, -0.25) is 4.79 Å². The van der Waals surface area contributed by atoms with Crippen LogP contribution in [-0.4, -0.2) is 30.3 Å². The number of ketones is 1. The lowest BCUT2D eigenvalue weighted by molar-refractivity contribution is -0.121. The normalized spacial score (nSPS) is 23.9. The summed E-state index contributed by atoms with van der Waals surface area (Å²) in [4.78, 5) is 13.7. The van der Waals surface area contributed by atoms with Gasteiger partial charge in [-0.25, -0.2) is 0 Å². The number of hydrogen-bond donors (Lipinski definition) is 0. The minimum atomic E-state index is 0.352. The van der Waals surface area contributed by atoms with Gasteiger partial charge in [0.1, 0.15) is 5.78 Å². The molecule has 0 unspecified atom stereocenters. The van der Waals surface area contributed by atoms with Crippen molar-refractivity contribution in [2.24, 2.45) is 5.92 Å². The van der Waals surface area contributed by atoms with Gasteiger partial charge in [0, 0.05) is 18.9 Å². The van der Waals surface area contributed by atoms with E-state index in [9.17, 15) is 4.79 Å². The van der Waals surface area contributed by atoms with Crippen molar-refractivity contribution >= 4 is 5.78 Å². The molecule has 1 fully saturated rings. The Bertz CT molecular complexity index is 152. The summed E-state index contributed by atoms with van der Waals surface area (Å²) in [7, 11) is 0. The standard InChI is InChI=1S/C10H19NO/c1-3-11(4-2)8-9-6-5-7-10(9)12/h9H,3-8H2,1-2H3/t9-/m0/s1. The number of rotatable bonds is 4. The molecule has 0 aromatic carbocycles. The van der Waals surface area contributed by atoms with Gasteiger partial charge in [0.05, 0.1) is 0 Å². The molecule has 1 aliphatic carbocycles. The zero-order chi connectivity index (χ0) is 8.97. The molecule has 0 N–H and O–H groups in total. The van der Waals surface area contributed by atoms with Crippen molar-refractivity contribution in [1.29, 1.82) is 0 Å². The van der Waals surface area contributed by atoms with E-state index in [0.717, 1.165) is 38.9 Å². The Morgan fingerprint density at radius 2 is 2.08 bits per heavy atom. The monoisotopic (exact) mass is 169 g/mol. The van der Waals surface area contributed by atoms with Gasteiger partial charge in [0.25, 0.3) is 0 Å². The second kappa shape index (κ2) is 4.61. The predicted octanol–water partition coefficient (Wildman–Crippen LogP) is 1.70. The average molecular weight is 169 g/mol. The van der Waals surface area contributed by atoms with Crippen LogP contribution in [0.1, 0.15) is 33.1 Å². The fourth-order valence-electron chi connectivity index (χ4n) is 1.87. The fraction of sp³-hybridized carbons (Fsp3) is 0.900. The minimum Gasteiger partial charge on any atom is -0.303 e. The molecule has 1 aliphatic rings. The zero-order valence-electron chi connectivity index (χ0n) is 8.18. The van der Waals surface area contributed by atoms with Crippen molar-refractivity contribution in [2.75, 3.05) is 19.6 Å². The number of Topliss-reactive ketones (excluding diaryl/α,β-unsaturated/α-hetero) is 1. The van der Waals surface area contributed by atoms with E-state index in [1.807, 2.05) is 0 Å². The van der Waals surface area contributed by atoms with Gasteiger partial charge in [0.2, 0.25) is 0 Å². The highest BCUT2D eigenvalue weighted by Gasteiger charge is 2.25. The van der Waals surface area contributed by atoms with Gasteiger partial charge in [0.15, 0.2) is 0 Å². The Hall–Kier alpha value is -0.370. The van der Waals surface area contributed by atoms with Crippen molar-refractivity contribution < 1.29 is 4.79 Å². The van der Waals surface area contributed by atoms with Gasteiger partial charge in [-0.05, 0) is 25.9 Å². The Morgan fingerprint density at radius 3 is 2.50 bits per heavy atom. The molecule has 12 heavy (non-hydrogen) atoms. The first-order valence-corrected chi connectivity index (χ1v) is 5.03. The van der Waals surface area contributed by atoms with Crippen LogP contribution in [-0.2, 0) is 4.79 Å². The molecule has 70 valence electrons. The first-order valence-electron chi connectivity index (χ1n) is 5.03. The first-order chi connectivity index (χ1) is 5.77. The third kappa shape index (κ3) is 2.31. The Labute approximate surface area is 74.9 Å². The van der Waals surface area contributed by atoms with Crippen LogP contribution in [0.2, 0.25) is 0 Å². The SMILES string of the molecule is CCN(CC)C[C@@H]1CCCC1=O. The lowest BCUT2D eigenvalue weighted by Gasteiger charge is -2.21. The van der Waals surface area contributed by atoms with Crippen LogP contribution in [0.5, 0.6) is 0 Å². The summed E-state index contributed by atoms with van der Waals surface area (Å²) < 4.78 is 0. The van der Waals surface area contributed by atoms with E-state index < -0.39 is 0 Å². The smallest absolute Gasteiger partial charge is 0.137 e. The lowest BCUT2D eigenvalue weighted by Crippen LogP contribution is -2.30. The Kier molecular flexibility index (Phi) is 3.73. The van der Waals surface area contributed by atoms with Crippen molar-refractivity contribution in [2.45, 2.75) is 33.1 Å². The molecule has 0 aromatic rings. The summed E-state index contributed by atoms with van der Waals surface area (Å²) in [6.45, 7) is 7.44. The van der Waals surface area contributed by atoms with Gasteiger partial charge in [-0.2, -0.15) is 0 Å². The summed E-state index contributed by atoms with van der Waals surface area (Å²) in [6, 6.07) is 0.